The van der Waals surface area contributed by atoms with Crippen molar-refractivity contribution in [1.82, 2.24) is 14.6 Å². The van der Waals surface area contributed by atoms with Gasteiger partial charge in [0.25, 0.3) is 0 Å². The number of halogens is 1. The van der Waals surface area contributed by atoms with Gasteiger partial charge in [0.05, 0.1) is 24.6 Å². The van der Waals surface area contributed by atoms with Gasteiger partial charge in [-0.05, 0) is 35.9 Å². The fraction of sp³-hybridized carbons (Fsp3) is 0.0500. The van der Waals surface area contributed by atoms with Gasteiger partial charge >= 0.3 is 0 Å². The lowest BCUT2D eigenvalue weighted by Gasteiger charge is -1.99. The molecule has 5 nitrogen and oxygen atoms in total. The lowest BCUT2D eigenvalue weighted by atomic mass is 10.1. The highest BCUT2D eigenvalue weighted by atomic mass is 35.5. The van der Waals surface area contributed by atoms with Crippen molar-refractivity contribution in [3.8, 4) is 23.1 Å². The van der Waals surface area contributed by atoms with Crippen molar-refractivity contribution in [2.24, 2.45) is 0 Å². The first kappa shape index (κ1) is 17.3. The second kappa shape index (κ2) is 7.23. The maximum atomic E-state index is 9.54. The Morgan fingerprint density at radius 1 is 1.19 bits per heavy atom. The highest BCUT2D eigenvalue weighted by molar-refractivity contribution is 7.17. The van der Waals surface area contributed by atoms with Crippen molar-refractivity contribution in [3.05, 3.63) is 70.3 Å². The van der Waals surface area contributed by atoms with E-state index in [1.165, 1.54) is 11.3 Å². The van der Waals surface area contributed by atoms with E-state index in [-0.39, 0.29) is 0 Å². The summed E-state index contributed by atoms with van der Waals surface area (Å²) in [6.45, 7) is 0. The topological polar surface area (TPSA) is 63.2 Å². The number of methoxy groups -OCH3 is 1. The van der Waals surface area contributed by atoms with Gasteiger partial charge in [-0.3, -0.25) is 0 Å². The lowest BCUT2D eigenvalue weighted by molar-refractivity contribution is 0.415. The minimum atomic E-state index is 0.490. The number of nitriles is 1. The molecule has 0 radical (unpaired) electrons. The molecule has 0 aliphatic rings. The second-order valence-electron chi connectivity index (χ2n) is 5.71. The monoisotopic (exact) mass is 392 g/mol. The van der Waals surface area contributed by atoms with Crippen molar-refractivity contribution >= 4 is 39.5 Å². The maximum absolute atomic E-state index is 9.54. The smallest absolute Gasteiger partial charge is 0.213 e. The summed E-state index contributed by atoms with van der Waals surface area (Å²) >= 11 is 7.31. The standard InChI is InChI=1S/C20H13ClN4OS/c1-26-17-8-2-13(3-9-17)10-15(11-22)19-24-25-12-18(23-20(25)27-19)14-4-6-16(21)7-5-14/h2-10,12H,1H3. The van der Waals surface area contributed by atoms with Crippen molar-refractivity contribution in [3.63, 3.8) is 0 Å². The molecule has 0 saturated heterocycles. The second-order valence-corrected chi connectivity index (χ2v) is 7.10. The first-order chi connectivity index (χ1) is 13.2. The lowest BCUT2D eigenvalue weighted by Crippen LogP contribution is -1.86. The average molecular weight is 393 g/mol. The molecule has 4 rings (SSSR count). The highest BCUT2D eigenvalue weighted by Crippen LogP contribution is 2.27. The summed E-state index contributed by atoms with van der Waals surface area (Å²) in [5, 5.41) is 15.4. The van der Waals surface area contributed by atoms with Crippen LogP contribution in [0.4, 0.5) is 0 Å². The number of aromatic nitrogens is 3. The van der Waals surface area contributed by atoms with Crippen LogP contribution < -0.4 is 4.74 Å². The predicted octanol–water partition coefficient (Wildman–Crippen LogP) is 5.18. The first-order valence-electron chi connectivity index (χ1n) is 8.04. The number of benzene rings is 2. The Morgan fingerprint density at radius 2 is 1.93 bits per heavy atom. The van der Waals surface area contributed by atoms with Gasteiger partial charge in [0.1, 0.15) is 11.8 Å². The van der Waals surface area contributed by atoms with Crippen LogP contribution in [0.1, 0.15) is 10.6 Å². The van der Waals surface area contributed by atoms with E-state index in [1.54, 1.807) is 17.7 Å². The van der Waals surface area contributed by atoms with Crippen LogP contribution in [0.15, 0.2) is 54.7 Å². The summed E-state index contributed by atoms with van der Waals surface area (Å²) in [5.74, 6) is 0.771. The Hall–Kier alpha value is -3.14. The summed E-state index contributed by atoms with van der Waals surface area (Å²) in [4.78, 5) is 5.33. The van der Waals surface area contributed by atoms with Gasteiger partial charge in [0.2, 0.25) is 4.96 Å². The van der Waals surface area contributed by atoms with Crippen LogP contribution in [0.2, 0.25) is 5.02 Å². The molecule has 0 saturated carbocycles. The largest absolute Gasteiger partial charge is 0.497 e. The zero-order chi connectivity index (χ0) is 18.8. The van der Waals surface area contributed by atoms with E-state index in [4.69, 9.17) is 16.3 Å². The summed E-state index contributed by atoms with van der Waals surface area (Å²) < 4.78 is 6.85. The van der Waals surface area contributed by atoms with E-state index in [2.05, 4.69) is 16.2 Å². The molecule has 132 valence electrons. The number of hydrogen-bond donors (Lipinski definition) is 0. The summed E-state index contributed by atoms with van der Waals surface area (Å²) in [6.07, 6.45) is 3.65. The molecule has 0 aliphatic heterocycles. The molecule has 27 heavy (non-hydrogen) atoms. The molecule has 0 bridgehead atoms. The van der Waals surface area contributed by atoms with Gasteiger partial charge in [-0.2, -0.15) is 10.4 Å². The first-order valence-corrected chi connectivity index (χ1v) is 9.24. The molecular formula is C20H13ClN4OS. The van der Waals surface area contributed by atoms with Gasteiger partial charge in [-0.1, -0.05) is 47.2 Å². The molecule has 0 atom stereocenters. The van der Waals surface area contributed by atoms with E-state index in [9.17, 15) is 5.26 Å². The predicted molar refractivity (Wildman–Crippen MR) is 108 cm³/mol. The molecule has 0 aliphatic carbocycles. The van der Waals surface area contributed by atoms with E-state index in [0.717, 1.165) is 27.5 Å². The Kier molecular flexibility index (Phi) is 4.63. The molecule has 0 amide bonds. The normalized spacial score (nSPS) is 11.5. The quantitative estimate of drug-likeness (QED) is 0.448. The fourth-order valence-corrected chi connectivity index (χ4v) is 3.55. The van der Waals surface area contributed by atoms with Crippen LogP contribution in [0.5, 0.6) is 5.75 Å². The van der Waals surface area contributed by atoms with Crippen LogP contribution in [-0.2, 0) is 0 Å². The molecular weight excluding hydrogens is 380 g/mol. The molecule has 0 fully saturated rings. The van der Waals surface area contributed by atoms with Crippen LogP contribution in [0.25, 0.3) is 27.9 Å². The minimum Gasteiger partial charge on any atom is -0.497 e. The van der Waals surface area contributed by atoms with Gasteiger partial charge in [0.15, 0.2) is 5.01 Å². The Balaban J connectivity index is 1.66. The van der Waals surface area contributed by atoms with Crippen molar-refractivity contribution in [1.29, 1.82) is 5.26 Å². The average Bonchev–Trinajstić information content (AvgIpc) is 3.26. The maximum Gasteiger partial charge on any atom is 0.213 e. The van der Waals surface area contributed by atoms with Gasteiger partial charge in [-0.15, -0.1) is 0 Å². The Morgan fingerprint density at radius 3 is 2.56 bits per heavy atom. The van der Waals surface area contributed by atoms with Crippen LogP contribution >= 0.6 is 22.9 Å². The molecule has 0 spiro atoms. The summed E-state index contributed by atoms with van der Waals surface area (Å²) in [7, 11) is 1.62. The number of allylic oxidation sites excluding steroid dienone is 1. The number of fused-ring (bicyclic) bond motifs is 1. The molecule has 0 N–H and O–H groups in total. The van der Waals surface area contributed by atoms with Gasteiger partial charge in [-0.25, -0.2) is 9.50 Å². The molecule has 4 aromatic rings. The summed E-state index contributed by atoms with van der Waals surface area (Å²) in [6, 6.07) is 17.2. The van der Waals surface area contributed by atoms with Crippen LogP contribution in [0.3, 0.4) is 0 Å². The number of imidazole rings is 1. The van der Waals surface area contributed by atoms with E-state index in [1.807, 2.05) is 54.7 Å². The molecule has 0 unspecified atom stereocenters. The van der Waals surface area contributed by atoms with Gasteiger partial charge in [0, 0.05) is 10.6 Å². The zero-order valence-electron chi connectivity index (χ0n) is 14.3. The summed E-state index contributed by atoms with van der Waals surface area (Å²) in [5.41, 5.74) is 3.17. The fourth-order valence-electron chi connectivity index (χ4n) is 2.58. The van der Waals surface area contributed by atoms with Crippen LogP contribution in [0, 0.1) is 11.3 Å². The number of hydrogen-bond acceptors (Lipinski definition) is 5. The zero-order valence-corrected chi connectivity index (χ0v) is 15.8. The molecule has 7 heteroatoms. The molecule has 2 aromatic heterocycles. The third-order valence-electron chi connectivity index (χ3n) is 3.96. The SMILES string of the molecule is COc1ccc(C=C(C#N)c2nn3cc(-c4ccc(Cl)cc4)nc3s2)cc1. The highest BCUT2D eigenvalue weighted by Gasteiger charge is 2.13. The molecule has 2 aromatic carbocycles. The minimum absolute atomic E-state index is 0.490. The number of rotatable bonds is 4. The van der Waals surface area contributed by atoms with Gasteiger partial charge < -0.3 is 4.74 Å². The van der Waals surface area contributed by atoms with Crippen molar-refractivity contribution < 1.29 is 4.74 Å². The third-order valence-corrected chi connectivity index (χ3v) is 5.17. The van der Waals surface area contributed by atoms with Crippen molar-refractivity contribution in [2.45, 2.75) is 0 Å². The Bertz CT molecular complexity index is 1140. The number of nitrogens with zero attached hydrogens (tertiary/aromatic N) is 4. The number of ether oxygens (including phenoxy) is 1. The van der Waals surface area contributed by atoms with E-state index in [0.29, 0.717) is 15.6 Å². The van der Waals surface area contributed by atoms with Crippen LogP contribution in [-0.4, -0.2) is 21.7 Å². The van der Waals surface area contributed by atoms with Crippen molar-refractivity contribution in [2.75, 3.05) is 7.11 Å². The van der Waals surface area contributed by atoms with E-state index < -0.39 is 0 Å². The third kappa shape index (κ3) is 3.56. The Labute approximate surface area is 164 Å². The van der Waals surface area contributed by atoms with E-state index >= 15 is 0 Å². The molecule has 2 heterocycles.